The van der Waals surface area contributed by atoms with Crippen molar-refractivity contribution in [3.05, 3.63) is 170 Å². The van der Waals surface area contributed by atoms with Crippen LogP contribution in [0.25, 0.3) is 110 Å². The van der Waals surface area contributed by atoms with Gasteiger partial charge in [0.25, 0.3) is 0 Å². The SMILES string of the molecule is c1ccc2c(c1)oc1cc(-n3c4ccccc4c4ccc(-c5cccc6c5c5ccccc5n6-c5ccc6c(c5)oc5ccccc56)cc43)ccc12. The molecular weight excluding hydrogens is 637 g/mol. The van der Waals surface area contributed by atoms with Crippen LogP contribution in [0.4, 0.5) is 0 Å². The van der Waals surface area contributed by atoms with E-state index in [1.54, 1.807) is 0 Å². The molecule has 0 atom stereocenters. The van der Waals surface area contributed by atoms with Gasteiger partial charge < -0.3 is 18.0 Å². The van der Waals surface area contributed by atoms with Gasteiger partial charge >= 0.3 is 0 Å². The monoisotopic (exact) mass is 664 g/mol. The molecule has 242 valence electrons. The Bertz CT molecular complexity index is 3420. The van der Waals surface area contributed by atoms with E-state index in [2.05, 4.69) is 155 Å². The Labute approximate surface area is 296 Å². The van der Waals surface area contributed by atoms with Crippen molar-refractivity contribution in [2.24, 2.45) is 0 Å². The van der Waals surface area contributed by atoms with Gasteiger partial charge in [-0.2, -0.15) is 0 Å². The molecule has 12 rings (SSSR count). The van der Waals surface area contributed by atoms with Gasteiger partial charge in [0.1, 0.15) is 22.3 Å². The van der Waals surface area contributed by atoms with E-state index in [0.717, 1.165) is 71.8 Å². The zero-order valence-electron chi connectivity index (χ0n) is 27.9. The number of benzene rings is 8. The van der Waals surface area contributed by atoms with Gasteiger partial charge in [0, 0.05) is 66.6 Å². The second-order valence-corrected chi connectivity index (χ2v) is 13.7. The summed E-state index contributed by atoms with van der Waals surface area (Å²) in [5.41, 5.74) is 12.8. The number of fused-ring (bicyclic) bond motifs is 12. The predicted molar refractivity (Wildman–Crippen MR) is 215 cm³/mol. The molecule has 0 unspecified atom stereocenters. The van der Waals surface area contributed by atoms with E-state index in [1.165, 1.54) is 38.2 Å². The third-order valence-electron chi connectivity index (χ3n) is 10.9. The van der Waals surface area contributed by atoms with Crippen LogP contribution in [0.3, 0.4) is 0 Å². The maximum atomic E-state index is 6.35. The van der Waals surface area contributed by atoms with Gasteiger partial charge in [-0.3, -0.25) is 0 Å². The van der Waals surface area contributed by atoms with E-state index in [1.807, 2.05) is 24.3 Å². The lowest BCUT2D eigenvalue weighted by Gasteiger charge is -2.11. The zero-order chi connectivity index (χ0) is 33.9. The van der Waals surface area contributed by atoms with Crippen LogP contribution in [0.5, 0.6) is 0 Å². The lowest BCUT2D eigenvalue weighted by atomic mass is 9.98. The summed E-state index contributed by atoms with van der Waals surface area (Å²) in [6.45, 7) is 0. The summed E-state index contributed by atoms with van der Waals surface area (Å²) in [5, 5.41) is 9.43. The normalized spacial score (nSPS) is 12.2. The van der Waals surface area contributed by atoms with Crippen LogP contribution in [0.2, 0.25) is 0 Å². The average molecular weight is 665 g/mol. The number of nitrogens with zero attached hydrogens (tertiary/aromatic N) is 2. The first-order chi connectivity index (χ1) is 25.8. The third kappa shape index (κ3) is 3.75. The average Bonchev–Trinajstić information content (AvgIpc) is 3.94. The minimum Gasteiger partial charge on any atom is -0.456 e. The van der Waals surface area contributed by atoms with Crippen molar-refractivity contribution < 1.29 is 8.83 Å². The highest BCUT2D eigenvalue weighted by atomic mass is 16.3. The molecule has 0 aliphatic carbocycles. The first-order valence-electron chi connectivity index (χ1n) is 17.7. The summed E-state index contributed by atoms with van der Waals surface area (Å²) in [4.78, 5) is 0. The van der Waals surface area contributed by atoms with Crippen molar-refractivity contribution >= 4 is 87.5 Å². The lowest BCUT2D eigenvalue weighted by molar-refractivity contribution is 0.668. The van der Waals surface area contributed by atoms with Gasteiger partial charge in [0.05, 0.1) is 22.1 Å². The lowest BCUT2D eigenvalue weighted by Crippen LogP contribution is -1.94. The second kappa shape index (κ2) is 10.3. The van der Waals surface area contributed by atoms with Crippen LogP contribution in [0.15, 0.2) is 179 Å². The van der Waals surface area contributed by atoms with Gasteiger partial charge in [-0.05, 0) is 71.8 Å². The van der Waals surface area contributed by atoms with Gasteiger partial charge in [-0.25, -0.2) is 0 Å². The standard InChI is InChI=1S/C48H28N2O2/c1-5-15-40-33(10-1)34-23-20-29(26-43(34)50(40)31-22-25-38-36-12-4-8-19-45(36)52-47(38)28-31)32-14-9-17-42-48(32)39-13-2-6-16-41(39)49(42)30-21-24-37-35-11-3-7-18-44(35)51-46(37)27-30/h1-28H. The molecule has 4 heteroatoms. The number of hydrogen-bond acceptors (Lipinski definition) is 2. The highest BCUT2D eigenvalue weighted by Crippen LogP contribution is 2.42. The maximum Gasteiger partial charge on any atom is 0.137 e. The fraction of sp³-hybridized carbons (Fsp3) is 0. The minimum absolute atomic E-state index is 0.888. The van der Waals surface area contributed by atoms with Crippen molar-refractivity contribution in [3.63, 3.8) is 0 Å². The van der Waals surface area contributed by atoms with Crippen LogP contribution in [-0.2, 0) is 0 Å². The Balaban J connectivity index is 1.10. The maximum absolute atomic E-state index is 6.35. The molecular formula is C48H28N2O2. The van der Waals surface area contributed by atoms with E-state index in [0.29, 0.717) is 0 Å². The number of para-hydroxylation sites is 4. The van der Waals surface area contributed by atoms with Crippen molar-refractivity contribution in [1.82, 2.24) is 9.13 Å². The van der Waals surface area contributed by atoms with Crippen molar-refractivity contribution in [2.75, 3.05) is 0 Å². The summed E-state index contributed by atoms with van der Waals surface area (Å²) in [5.74, 6) is 0. The number of furan rings is 2. The molecule has 0 saturated heterocycles. The molecule has 8 aromatic carbocycles. The molecule has 0 fully saturated rings. The molecule has 0 radical (unpaired) electrons. The first-order valence-corrected chi connectivity index (χ1v) is 17.7. The molecule has 4 aromatic heterocycles. The molecule has 0 spiro atoms. The third-order valence-corrected chi connectivity index (χ3v) is 10.9. The van der Waals surface area contributed by atoms with Crippen molar-refractivity contribution in [3.8, 4) is 22.5 Å². The smallest absolute Gasteiger partial charge is 0.137 e. The quantitative estimate of drug-likeness (QED) is 0.188. The van der Waals surface area contributed by atoms with Crippen LogP contribution in [0, 0.1) is 0 Å². The molecule has 0 amide bonds. The van der Waals surface area contributed by atoms with Gasteiger partial charge in [0.15, 0.2) is 0 Å². The highest BCUT2D eigenvalue weighted by molar-refractivity contribution is 6.17. The molecule has 0 aliphatic rings. The van der Waals surface area contributed by atoms with Crippen LogP contribution >= 0.6 is 0 Å². The molecule has 52 heavy (non-hydrogen) atoms. The second-order valence-electron chi connectivity index (χ2n) is 13.7. The van der Waals surface area contributed by atoms with Crippen molar-refractivity contribution in [1.29, 1.82) is 0 Å². The number of aromatic nitrogens is 2. The largest absolute Gasteiger partial charge is 0.456 e. The van der Waals surface area contributed by atoms with Gasteiger partial charge in [0.2, 0.25) is 0 Å². The molecule has 0 saturated carbocycles. The molecule has 12 aromatic rings. The van der Waals surface area contributed by atoms with E-state index in [9.17, 15) is 0 Å². The topological polar surface area (TPSA) is 36.1 Å². The Hall–Kier alpha value is -7.04. The van der Waals surface area contributed by atoms with Crippen LogP contribution in [-0.4, -0.2) is 9.13 Å². The van der Waals surface area contributed by atoms with E-state index in [4.69, 9.17) is 8.83 Å². The number of rotatable bonds is 3. The number of hydrogen-bond donors (Lipinski definition) is 0. The predicted octanol–water partition coefficient (Wildman–Crippen LogP) is 13.3. The Kier molecular flexibility index (Phi) is 5.47. The Morgan fingerprint density at radius 3 is 1.46 bits per heavy atom. The molecule has 4 heterocycles. The molecule has 0 aliphatic heterocycles. The van der Waals surface area contributed by atoms with Crippen molar-refractivity contribution in [2.45, 2.75) is 0 Å². The fourth-order valence-corrected chi connectivity index (χ4v) is 8.66. The zero-order valence-corrected chi connectivity index (χ0v) is 27.9. The minimum atomic E-state index is 0.888. The van der Waals surface area contributed by atoms with E-state index < -0.39 is 0 Å². The summed E-state index contributed by atoms with van der Waals surface area (Å²) < 4.78 is 17.4. The summed E-state index contributed by atoms with van der Waals surface area (Å²) in [6, 6.07) is 60.7. The van der Waals surface area contributed by atoms with E-state index >= 15 is 0 Å². The molecule has 0 N–H and O–H groups in total. The highest BCUT2D eigenvalue weighted by Gasteiger charge is 2.19. The fourth-order valence-electron chi connectivity index (χ4n) is 8.66. The van der Waals surface area contributed by atoms with E-state index in [-0.39, 0.29) is 0 Å². The molecule has 4 nitrogen and oxygen atoms in total. The Morgan fingerprint density at radius 1 is 0.308 bits per heavy atom. The van der Waals surface area contributed by atoms with Crippen LogP contribution < -0.4 is 0 Å². The first kappa shape index (κ1) is 27.7. The summed E-state index contributed by atoms with van der Waals surface area (Å²) in [6.07, 6.45) is 0. The summed E-state index contributed by atoms with van der Waals surface area (Å²) >= 11 is 0. The van der Waals surface area contributed by atoms with Gasteiger partial charge in [-0.1, -0.05) is 97.1 Å². The summed E-state index contributed by atoms with van der Waals surface area (Å²) in [7, 11) is 0. The Morgan fingerprint density at radius 2 is 0.788 bits per heavy atom. The molecule has 0 bridgehead atoms. The van der Waals surface area contributed by atoms with Gasteiger partial charge in [-0.15, -0.1) is 0 Å². The van der Waals surface area contributed by atoms with Crippen LogP contribution in [0.1, 0.15) is 0 Å².